The number of likely N-dealkylation sites (tertiary alicyclic amines) is 2. The largest absolute Gasteiger partial charge is 0.306 e. The van der Waals surface area contributed by atoms with Crippen molar-refractivity contribution in [2.75, 3.05) is 33.2 Å². The Balaban J connectivity index is 0.000000180. The fourth-order valence-corrected chi connectivity index (χ4v) is 2.49. The molecule has 2 heterocycles. The normalized spacial score (nSPS) is 24.0. The molecule has 2 saturated heterocycles. The molecule has 0 aliphatic carbocycles. The van der Waals surface area contributed by atoms with Crippen molar-refractivity contribution in [2.45, 2.75) is 54.0 Å². The number of hydrogen-bond acceptors (Lipinski definition) is 2. The standard InChI is InChI=1S/2C8H17N/c1-8(2,3)7-5-9(4)6-7;1-7-5-9(6-7)8(2,3)4/h2*7H,5-6H2,1-4H3. The highest BCUT2D eigenvalue weighted by molar-refractivity contribution is 4.86. The van der Waals surface area contributed by atoms with Crippen LogP contribution in [0.2, 0.25) is 0 Å². The molecular weight excluding hydrogens is 220 g/mol. The highest BCUT2D eigenvalue weighted by Gasteiger charge is 2.33. The Bertz CT molecular complexity index is 219. The highest BCUT2D eigenvalue weighted by Crippen LogP contribution is 2.32. The van der Waals surface area contributed by atoms with Crippen LogP contribution in [0.1, 0.15) is 48.5 Å². The maximum atomic E-state index is 2.51. The van der Waals surface area contributed by atoms with E-state index in [0.717, 1.165) is 11.8 Å². The zero-order valence-electron chi connectivity index (χ0n) is 13.9. The van der Waals surface area contributed by atoms with Gasteiger partial charge in [0.05, 0.1) is 0 Å². The van der Waals surface area contributed by atoms with E-state index >= 15 is 0 Å². The van der Waals surface area contributed by atoms with Crippen LogP contribution in [0.25, 0.3) is 0 Å². The number of hydrogen-bond donors (Lipinski definition) is 0. The van der Waals surface area contributed by atoms with Gasteiger partial charge in [0.1, 0.15) is 0 Å². The maximum Gasteiger partial charge on any atom is 0.0125 e. The zero-order chi connectivity index (χ0) is 14.1. The second kappa shape index (κ2) is 5.50. The van der Waals surface area contributed by atoms with E-state index in [1.807, 2.05) is 0 Å². The summed E-state index contributed by atoms with van der Waals surface area (Å²) in [5.41, 5.74) is 0.943. The SMILES string of the molecule is CC1CN(C(C)(C)C)C1.CN1CC(C(C)(C)C)C1. The predicted molar refractivity (Wildman–Crippen MR) is 80.9 cm³/mol. The van der Waals surface area contributed by atoms with Crippen molar-refractivity contribution in [3.8, 4) is 0 Å². The summed E-state index contributed by atoms with van der Waals surface area (Å²) in [7, 11) is 2.18. The summed E-state index contributed by atoms with van der Waals surface area (Å²) in [5, 5.41) is 0. The van der Waals surface area contributed by atoms with E-state index in [9.17, 15) is 0 Å². The summed E-state index contributed by atoms with van der Waals surface area (Å²) in [5.74, 6) is 1.87. The third kappa shape index (κ3) is 4.55. The van der Waals surface area contributed by atoms with Gasteiger partial charge in [-0.3, -0.25) is 4.90 Å². The van der Waals surface area contributed by atoms with E-state index in [0.29, 0.717) is 11.0 Å². The van der Waals surface area contributed by atoms with Gasteiger partial charge in [-0.25, -0.2) is 0 Å². The molecule has 0 N–H and O–H groups in total. The first kappa shape index (κ1) is 16.0. The molecule has 0 aromatic carbocycles. The monoisotopic (exact) mass is 254 g/mol. The Morgan fingerprint density at radius 3 is 1.39 bits per heavy atom. The van der Waals surface area contributed by atoms with Gasteiger partial charge in [0.15, 0.2) is 0 Å². The lowest BCUT2D eigenvalue weighted by molar-refractivity contribution is 0.0224. The van der Waals surface area contributed by atoms with Crippen LogP contribution in [0.4, 0.5) is 0 Å². The minimum atomic E-state index is 0.409. The molecule has 0 amide bonds. The van der Waals surface area contributed by atoms with Crippen LogP contribution in [0.15, 0.2) is 0 Å². The van der Waals surface area contributed by atoms with Crippen molar-refractivity contribution >= 4 is 0 Å². The van der Waals surface area contributed by atoms with E-state index in [4.69, 9.17) is 0 Å². The molecule has 18 heavy (non-hydrogen) atoms. The minimum absolute atomic E-state index is 0.409. The fourth-order valence-electron chi connectivity index (χ4n) is 2.49. The van der Waals surface area contributed by atoms with Crippen molar-refractivity contribution in [3.63, 3.8) is 0 Å². The van der Waals surface area contributed by atoms with Crippen molar-refractivity contribution in [2.24, 2.45) is 17.3 Å². The van der Waals surface area contributed by atoms with E-state index in [-0.39, 0.29) is 0 Å². The Hall–Kier alpha value is -0.0800. The molecule has 0 spiro atoms. The van der Waals surface area contributed by atoms with Gasteiger partial charge in [-0.2, -0.15) is 0 Å². The summed E-state index contributed by atoms with van der Waals surface area (Å²) < 4.78 is 0. The lowest BCUT2D eigenvalue weighted by Gasteiger charge is -2.46. The highest BCUT2D eigenvalue weighted by atomic mass is 15.2. The summed E-state index contributed by atoms with van der Waals surface area (Å²) in [6, 6.07) is 0. The van der Waals surface area contributed by atoms with Crippen LogP contribution in [-0.2, 0) is 0 Å². The van der Waals surface area contributed by atoms with Gasteiger partial charge in [-0.15, -0.1) is 0 Å². The van der Waals surface area contributed by atoms with Crippen LogP contribution < -0.4 is 0 Å². The lowest BCUT2D eigenvalue weighted by atomic mass is 9.76. The number of nitrogens with zero attached hydrogens (tertiary/aromatic N) is 2. The molecule has 2 heteroatoms. The van der Waals surface area contributed by atoms with E-state index in [2.05, 4.69) is 65.3 Å². The fraction of sp³-hybridized carbons (Fsp3) is 1.00. The average molecular weight is 254 g/mol. The van der Waals surface area contributed by atoms with Crippen molar-refractivity contribution in [3.05, 3.63) is 0 Å². The molecule has 0 aromatic heterocycles. The van der Waals surface area contributed by atoms with Gasteiger partial charge in [-0.1, -0.05) is 27.7 Å². The Morgan fingerprint density at radius 2 is 1.28 bits per heavy atom. The second-order valence-electron chi connectivity index (χ2n) is 8.47. The van der Waals surface area contributed by atoms with Gasteiger partial charge >= 0.3 is 0 Å². The van der Waals surface area contributed by atoms with Crippen molar-refractivity contribution in [1.29, 1.82) is 0 Å². The molecule has 0 atom stereocenters. The molecule has 0 unspecified atom stereocenters. The van der Waals surface area contributed by atoms with Crippen LogP contribution in [-0.4, -0.2) is 48.6 Å². The van der Waals surface area contributed by atoms with Gasteiger partial charge in [0.25, 0.3) is 0 Å². The third-order valence-electron chi connectivity index (χ3n) is 4.30. The predicted octanol–water partition coefficient (Wildman–Crippen LogP) is 3.33. The van der Waals surface area contributed by atoms with Crippen LogP contribution in [0, 0.1) is 17.3 Å². The van der Waals surface area contributed by atoms with Crippen LogP contribution in [0.5, 0.6) is 0 Å². The number of rotatable bonds is 0. The van der Waals surface area contributed by atoms with E-state index in [1.54, 1.807) is 0 Å². The molecule has 2 aliphatic heterocycles. The minimum Gasteiger partial charge on any atom is -0.306 e. The summed E-state index contributed by atoms with van der Waals surface area (Å²) in [6.07, 6.45) is 0. The van der Waals surface area contributed by atoms with Gasteiger partial charge in [0.2, 0.25) is 0 Å². The van der Waals surface area contributed by atoms with Gasteiger partial charge in [0, 0.05) is 31.7 Å². The topological polar surface area (TPSA) is 6.48 Å². The molecular formula is C16H34N2. The molecule has 2 nitrogen and oxygen atoms in total. The van der Waals surface area contributed by atoms with Crippen molar-refractivity contribution < 1.29 is 0 Å². The molecule has 2 rings (SSSR count). The average Bonchev–Trinajstić information content (AvgIpc) is 2.05. The summed E-state index contributed by atoms with van der Waals surface area (Å²) >= 11 is 0. The van der Waals surface area contributed by atoms with Crippen molar-refractivity contribution in [1.82, 2.24) is 9.80 Å². The first-order chi connectivity index (χ1) is 8.00. The second-order valence-corrected chi connectivity index (χ2v) is 8.47. The quantitative estimate of drug-likeness (QED) is 0.654. The zero-order valence-corrected chi connectivity index (χ0v) is 13.9. The van der Waals surface area contributed by atoms with E-state index < -0.39 is 0 Å². The van der Waals surface area contributed by atoms with Crippen LogP contribution >= 0.6 is 0 Å². The third-order valence-corrected chi connectivity index (χ3v) is 4.30. The van der Waals surface area contributed by atoms with Crippen LogP contribution in [0.3, 0.4) is 0 Å². The maximum absolute atomic E-state index is 2.51. The molecule has 2 fully saturated rings. The lowest BCUT2D eigenvalue weighted by Crippen LogP contribution is -2.54. The first-order valence-corrected chi connectivity index (χ1v) is 7.43. The smallest absolute Gasteiger partial charge is 0.0125 e. The van der Waals surface area contributed by atoms with E-state index in [1.165, 1.54) is 26.2 Å². The molecule has 0 radical (unpaired) electrons. The Kier molecular flexibility index (Phi) is 4.88. The van der Waals surface area contributed by atoms with Gasteiger partial charge in [-0.05, 0) is 45.1 Å². The van der Waals surface area contributed by atoms with Gasteiger partial charge < -0.3 is 4.90 Å². The molecule has 0 aromatic rings. The summed E-state index contributed by atoms with van der Waals surface area (Å²) in [4.78, 5) is 4.88. The molecule has 0 bridgehead atoms. The summed E-state index contributed by atoms with van der Waals surface area (Å²) in [6.45, 7) is 21.3. The Labute approximate surface area is 115 Å². The molecule has 0 saturated carbocycles. The Morgan fingerprint density at radius 1 is 0.833 bits per heavy atom. The molecule has 108 valence electrons. The molecule has 2 aliphatic rings. The first-order valence-electron chi connectivity index (χ1n) is 7.43.